The minimum Gasteiger partial charge on any atom is -0.325 e. The van der Waals surface area contributed by atoms with Gasteiger partial charge in [-0.05, 0) is 37.3 Å². The van der Waals surface area contributed by atoms with E-state index >= 15 is 0 Å². The van der Waals surface area contributed by atoms with Gasteiger partial charge in [0.1, 0.15) is 0 Å². The summed E-state index contributed by atoms with van der Waals surface area (Å²) >= 11 is 3.23. The first-order chi connectivity index (χ1) is 13.5. The van der Waals surface area contributed by atoms with E-state index < -0.39 is 10.0 Å². The fraction of sp³-hybridized carbons (Fsp3) is 0.158. The first kappa shape index (κ1) is 17.7. The van der Waals surface area contributed by atoms with Crippen LogP contribution in [-0.2, 0) is 16.6 Å². The summed E-state index contributed by atoms with van der Waals surface area (Å²) < 4.78 is 31.2. The Morgan fingerprint density at radius 2 is 1.93 bits per heavy atom. The molecule has 6 nitrogen and oxygen atoms in total. The molecule has 3 heterocycles. The van der Waals surface area contributed by atoms with E-state index in [-0.39, 0.29) is 4.90 Å². The van der Waals surface area contributed by atoms with Gasteiger partial charge in [-0.25, -0.2) is 18.4 Å². The number of anilines is 1. The zero-order chi connectivity index (χ0) is 19.3. The minimum absolute atomic E-state index is 0.232. The van der Waals surface area contributed by atoms with Gasteiger partial charge in [-0.15, -0.1) is 11.3 Å². The Hall–Kier alpha value is -2.36. The second-order valence-electron chi connectivity index (χ2n) is 6.50. The predicted molar refractivity (Wildman–Crippen MR) is 114 cm³/mol. The van der Waals surface area contributed by atoms with E-state index in [0.29, 0.717) is 5.69 Å². The number of thiazole rings is 1. The number of thioether (sulfide) groups is 1. The average molecular weight is 429 g/mol. The van der Waals surface area contributed by atoms with Crippen LogP contribution in [0.15, 0.2) is 58.7 Å². The van der Waals surface area contributed by atoms with E-state index in [2.05, 4.69) is 19.3 Å². The number of aryl methyl sites for hydroxylation is 2. The van der Waals surface area contributed by atoms with Gasteiger partial charge in [-0.2, -0.15) is 0 Å². The lowest BCUT2D eigenvalue weighted by Gasteiger charge is -2.08. The van der Waals surface area contributed by atoms with E-state index in [9.17, 15) is 8.42 Å². The molecule has 0 amide bonds. The van der Waals surface area contributed by atoms with Crippen LogP contribution in [-0.4, -0.2) is 28.7 Å². The summed E-state index contributed by atoms with van der Waals surface area (Å²) in [5.41, 5.74) is 3.20. The van der Waals surface area contributed by atoms with Crippen molar-refractivity contribution in [2.24, 2.45) is 0 Å². The Bertz CT molecular complexity index is 1270. The van der Waals surface area contributed by atoms with Crippen LogP contribution in [0.1, 0.15) is 5.01 Å². The van der Waals surface area contributed by atoms with Crippen LogP contribution < -0.4 is 4.72 Å². The summed E-state index contributed by atoms with van der Waals surface area (Å²) in [6.07, 6.45) is 2.04. The fourth-order valence-corrected chi connectivity index (χ4v) is 6.13. The van der Waals surface area contributed by atoms with Gasteiger partial charge in [0.05, 0.1) is 25.8 Å². The Kier molecular flexibility index (Phi) is 4.18. The zero-order valence-corrected chi connectivity index (χ0v) is 17.4. The number of imidazole rings is 1. The molecule has 28 heavy (non-hydrogen) atoms. The number of hydrogen-bond acceptors (Lipinski definition) is 6. The van der Waals surface area contributed by atoms with Crippen LogP contribution >= 0.6 is 23.1 Å². The number of hydrogen-bond donors (Lipinski definition) is 1. The average Bonchev–Trinajstić information content (AvgIpc) is 3.34. The second-order valence-corrected chi connectivity index (χ2v) is 10.5. The molecule has 1 N–H and O–H groups in total. The van der Waals surface area contributed by atoms with E-state index in [1.807, 2.05) is 25.3 Å². The first-order valence-electron chi connectivity index (χ1n) is 8.68. The van der Waals surface area contributed by atoms with Gasteiger partial charge in [0, 0.05) is 29.7 Å². The van der Waals surface area contributed by atoms with Crippen molar-refractivity contribution in [2.45, 2.75) is 23.5 Å². The molecule has 0 fully saturated rings. The molecule has 1 aliphatic rings. The molecule has 142 valence electrons. The number of sulfonamides is 1. The molecule has 2 aromatic carbocycles. The highest BCUT2D eigenvalue weighted by molar-refractivity contribution is 7.99. The third kappa shape index (κ3) is 3.19. The summed E-state index contributed by atoms with van der Waals surface area (Å²) in [7, 11) is -3.66. The normalized spacial score (nSPS) is 13.8. The van der Waals surface area contributed by atoms with Crippen molar-refractivity contribution in [1.82, 2.24) is 14.5 Å². The smallest absolute Gasteiger partial charge is 0.261 e. The quantitative estimate of drug-likeness (QED) is 0.522. The molecule has 0 bridgehead atoms. The number of aromatic nitrogens is 3. The standard InChI is InChI=1S/C19H16N4O2S3/c1-12-20-16-7-6-15(10-18(16)27-12)28(24,25)22-14-4-2-13(3-5-14)17-11-23-8-9-26-19(23)21-17/h2-7,10-11,22H,8-9H2,1H3. The molecule has 0 unspecified atom stereocenters. The molecular formula is C19H16N4O2S3. The molecule has 9 heteroatoms. The van der Waals surface area contributed by atoms with Crippen LogP contribution in [0.2, 0.25) is 0 Å². The summed E-state index contributed by atoms with van der Waals surface area (Å²) in [6.45, 7) is 2.89. The third-order valence-electron chi connectivity index (χ3n) is 4.51. The van der Waals surface area contributed by atoms with Gasteiger partial charge in [0.25, 0.3) is 10.0 Å². The van der Waals surface area contributed by atoms with E-state index in [1.54, 1.807) is 42.1 Å². The molecule has 0 saturated carbocycles. The maximum atomic E-state index is 12.8. The first-order valence-corrected chi connectivity index (χ1v) is 12.0. The van der Waals surface area contributed by atoms with Crippen LogP contribution in [0, 0.1) is 6.92 Å². The van der Waals surface area contributed by atoms with Crippen molar-refractivity contribution in [3.63, 3.8) is 0 Å². The van der Waals surface area contributed by atoms with Gasteiger partial charge in [-0.3, -0.25) is 4.72 Å². The topological polar surface area (TPSA) is 76.9 Å². The Morgan fingerprint density at radius 1 is 1.11 bits per heavy atom. The van der Waals surface area contributed by atoms with Gasteiger partial charge in [0.15, 0.2) is 5.16 Å². The number of benzene rings is 2. The van der Waals surface area contributed by atoms with Crippen molar-refractivity contribution in [3.8, 4) is 11.3 Å². The van der Waals surface area contributed by atoms with Gasteiger partial charge >= 0.3 is 0 Å². The van der Waals surface area contributed by atoms with Crippen molar-refractivity contribution in [3.05, 3.63) is 53.7 Å². The highest BCUT2D eigenvalue weighted by Gasteiger charge is 2.17. The molecule has 5 rings (SSSR count). The highest BCUT2D eigenvalue weighted by Crippen LogP contribution is 2.30. The van der Waals surface area contributed by atoms with E-state index in [4.69, 9.17) is 0 Å². The maximum Gasteiger partial charge on any atom is 0.261 e. The van der Waals surface area contributed by atoms with Crippen molar-refractivity contribution in [2.75, 3.05) is 10.5 Å². The molecule has 0 aliphatic carbocycles. The molecule has 0 saturated heterocycles. The second kappa shape index (κ2) is 6.61. The number of fused-ring (bicyclic) bond motifs is 2. The fourth-order valence-electron chi connectivity index (χ4n) is 3.16. The van der Waals surface area contributed by atoms with Crippen LogP contribution in [0.25, 0.3) is 21.5 Å². The lowest BCUT2D eigenvalue weighted by molar-refractivity contribution is 0.601. The van der Waals surface area contributed by atoms with Crippen LogP contribution in [0.4, 0.5) is 5.69 Å². The minimum atomic E-state index is -3.66. The highest BCUT2D eigenvalue weighted by atomic mass is 32.2. The molecule has 0 atom stereocenters. The number of nitrogens with zero attached hydrogens (tertiary/aromatic N) is 3. The molecule has 2 aromatic heterocycles. The lowest BCUT2D eigenvalue weighted by Crippen LogP contribution is -2.12. The summed E-state index contributed by atoms with van der Waals surface area (Å²) in [4.78, 5) is 9.23. The van der Waals surface area contributed by atoms with E-state index in [1.165, 1.54) is 11.3 Å². The zero-order valence-electron chi connectivity index (χ0n) is 14.9. The lowest BCUT2D eigenvalue weighted by atomic mass is 10.1. The monoisotopic (exact) mass is 428 g/mol. The van der Waals surface area contributed by atoms with Crippen LogP contribution in [0.5, 0.6) is 0 Å². The summed E-state index contributed by atoms with van der Waals surface area (Å²) in [6, 6.07) is 12.3. The van der Waals surface area contributed by atoms with Crippen molar-refractivity contribution >= 4 is 49.0 Å². The Balaban J connectivity index is 1.39. The van der Waals surface area contributed by atoms with Crippen molar-refractivity contribution < 1.29 is 8.42 Å². The summed E-state index contributed by atoms with van der Waals surface area (Å²) in [5.74, 6) is 1.07. The van der Waals surface area contributed by atoms with Gasteiger partial charge in [0.2, 0.25) is 0 Å². The van der Waals surface area contributed by atoms with Gasteiger partial charge < -0.3 is 4.57 Å². The largest absolute Gasteiger partial charge is 0.325 e. The summed E-state index contributed by atoms with van der Waals surface area (Å²) in [5, 5.41) is 1.95. The third-order valence-corrected chi connectivity index (χ3v) is 7.80. The molecule has 4 aromatic rings. The molecule has 0 spiro atoms. The van der Waals surface area contributed by atoms with Crippen LogP contribution in [0.3, 0.4) is 0 Å². The molecule has 0 radical (unpaired) electrons. The Morgan fingerprint density at radius 3 is 2.71 bits per heavy atom. The SMILES string of the molecule is Cc1nc2ccc(S(=O)(=O)Nc3ccc(-c4cn5c(n4)SCC5)cc3)cc2s1. The number of nitrogens with one attached hydrogen (secondary N) is 1. The van der Waals surface area contributed by atoms with Gasteiger partial charge in [-0.1, -0.05) is 23.9 Å². The predicted octanol–water partition coefficient (Wildman–Crippen LogP) is 4.37. The Labute approximate surface area is 170 Å². The molecular weight excluding hydrogens is 412 g/mol. The number of rotatable bonds is 4. The maximum absolute atomic E-state index is 12.8. The van der Waals surface area contributed by atoms with E-state index in [0.717, 1.165) is 43.9 Å². The molecule has 1 aliphatic heterocycles. The van der Waals surface area contributed by atoms with Crippen molar-refractivity contribution in [1.29, 1.82) is 0 Å².